The Kier molecular flexibility index (Phi) is 4.98. The number of hydrogen-bond acceptors (Lipinski definition) is 4. The summed E-state index contributed by atoms with van der Waals surface area (Å²) < 4.78 is 6.78. The molecular weight excluding hydrogens is 332 g/mol. The van der Waals surface area contributed by atoms with Gasteiger partial charge in [0.05, 0.1) is 24.6 Å². The number of amides is 2. The van der Waals surface area contributed by atoms with Gasteiger partial charge in [-0.25, -0.2) is 0 Å². The lowest BCUT2D eigenvalue weighted by molar-refractivity contribution is 0.101. The van der Waals surface area contributed by atoms with Gasteiger partial charge in [-0.15, -0.1) is 0 Å². The predicted molar refractivity (Wildman–Crippen MR) is 98.6 cm³/mol. The van der Waals surface area contributed by atoms with Crippen LogP contribution in [0.5, 0.6) is 5.75 Å². The first-order chi connectivity index (χ1) is 12.6. The number of aryl methyl sites for hydroxylation is 1. The molecule has 0 aliphatic carbocycles. The Morgan fingerprint density at radius 3 is 2.31 bits per heavy atom. The van der Waals surface area contributed by atoms with Crippen LogP contribution in [0.1, 0.15) is 20.7 Å². The molecule has 0 fully saturated rings. The first-order valence-corrected chi connectivity index (χ1v) is 7.91. The maximum absolute atomic E-state index is 12.4. The lowest BCUT2D eigenvalue weighted by atomic mass is 10.1. The lowest BCUT2D eigenvalue weighted by Crippen LogP contribution is -2.14. The molecule has 2 amide bonds. The van der Waals surface area contributed by atoms with Crippen molar-refractivity contribution in [3.63, 3.8) is 0 Å². The molecule has 3 aromatic rings. The number of carbonyl (C=O) groups is 2. The van der Waals surface area contributed by atoms with Crippen LogP contribution < -0.4 is 15.4 Å². The standard InChI is InChI=1S/C19H18N4O3/c1-23-12-14(11-20-23)19(25)21-15-9-7-13(8-10-15)18(24)22-16-5-3-4-6-17(16)26-2/h3-12H,1-2H3,(H,21,25)(H,22,24). The molecule has 0 radical (unpaired) electrons. The Morgan fingerprint density at radius 1 is 0.962 bits per heavy atom. The first-order valence-electron chi connectivity index (χ1n) is 7.91. The van der Waals surface area contributed by atoms with Gasteiger partial charge in [0.25, 0.3) is 11.8 Å². The van der Waals surface area contributed by atoms with Crippen molar-refractivity contribution < 1.29 is 14.3 Å². The highest BCUT2D eigenvalue weighted by Gasteiger charge is 2.11. The minimum atomic E-state index is -0.264. The molecule has 0 atom stereocenters. The maximum Gasteiger partial charge on any atom is 0.258 e. The van der Waals surface area contributed by atoms with E-state index in [1.807, 2.05) is 12.1 Å². The molecule has 1 heterocycles. The van der Waals surface area contributed by atoms with Crippen molar-refractivity contribution >= 4 is 23.2 Å². The molecule has 26 heavy (non-hydrogen) atoms. The number of aromatic nitrogens is 2. The van der Waals surface area contributed by atoms with Crippen molar-refractivity contribution in [2.24, 2.45) is 7.05 Å². The van der Waals surface area contributed by atoms with Crippen LogP contribution in [-0.4, -0.2) is 28.7 Å². The summed E-state index contributed by atoms with van der Waals surface area (Å²) in [4.78, 5) is 24.5. The number of nitrogens with zero attached hydrogens (tertiary/aromatic N) is 2. The molecule has 2 aromatic carbocycles. The van der Waals surface area contributed by atoms with E-state index in [0.29, 0.717) is 28.3 Å². The summed E-state index contributed by atoms with van der Waals surface area (Å²) in [6.45, 7) is 0. The van der Waals surface area contributed by atoms with Crippen LogP contribution >= 0.6 is 0 Å². The van der Waals surface area contributed by atoms with Crippen molar-refractivity contribution in [1.29, 1.82) is 0 Å². The van der Waals surface area contributed by atoms with Crippen molar-refractivity contribution in [2.75, 3.05) is 17.7 Å². The van der Waals surface area contributed by atoms with Crippen LogP contribution in [0.15, 0.2) is 60.9 Å². The second-order valence-electron chi connectivity index (χ2n) is 5.59. The number of benzene rings is 2. The number of methoxy groups -OCH3 is 1. The molecule has 132 valence electrons. The molecular formula is C19H18N4O3. The Hall–Kier alpha value is -3.61. The summed E-state index contributed by atoms with van der Waals surface area (Å²) in [5.41, 5.74) is 2.11. The molecule has 2 N–H and O–H groups in total. The molecule has 7 nitrogen and oxygen atoms in total. The predicted octanol–water partition coefficient (Wildman–Crippen LogP) is 2.93. The van der Waals surface area contributed by atoms with Crippen LogP contribution in [0, 0.1) is 0 Å². The summed E-state index contributed by atoms with van der Waals surface area (Å²) >= 11 is 0. The summed E-state index contributed by atoms with van der Waals surface area (Å²) in [6, 6.07) is 13.8. The summed E-state index contributed by atoms with van der Waals surface area (Å²) in [7, 11) is 3.29. The van der Waals surface area contributed by atoms with Crippen LogP contribution in [-0.2, 0) is 7.05 Å². The molecule has 1 aromatic heterocycles. The number of anilines is 2. The Bertz CT molecular complexity index is 932. The third-order valence-electron chi connectivity index (χ3n) is 3.73. The normalized spacial score (nSPS) is 10.2. The van der Waals surface area contributed by atoms with Gasteiger partial charge in [-0.1, -0.05) is 12.1 Å². The van der Waals surface area contributed by atoms with Crippen molar-refractivity contribution in [3.8, 4) is 5.75 Å². The fourth-order valence-corrected chi connectivity index (χ4v) is 2.39. The van der Waals surface area contributed by atoms with Gasteiger partial charge < -0.3 is 15.4 Å². The Labute approximate surface area is 150 Å². The zero-order chi connectivity index (χ0) is 18.5. The zero-order valence-corrected chi connectivity index (χ0v) is 14.4. The molecule has 0 saturated heterocycles. The fraction of sp³-hybridized carbons (Fsp3) is 0.105. The molecule has 0 aliphatic rings. The van der Waals surface area contributed by atoms with Gasteiger partial charge in [0, 0.05) is 24.5 Å². The summed E-state index contributed by atoms with van der Waals surface area (Å²) in [5.74, 6) is 0.0603. The second kappa shape index (κ2) is 7.52. The van der Waals surface area contributed by atoms with E-state index in [2.05, 4.69) is 15.7 Å². The number of carbonyl (C=O) groups excluding carboxylic acids is 2. The van der Waals surface area contributed by atoms with Crippen molar-refractivity contribution in [1.82, 2.24) is 9.78 Å². The zero-order valence-electron chi connectivity index (χ0n) is 14.4. The van der Waals surface area contributed by atoms with E-state index in [0.717, 1.165) is 0 Å². The van der Waals surface area contributed by atoms with Gasteiger partial charge in [0.2, 0.25) is 0 Å². The van der Waals surface area contributed by atoms with E-state index in [-0.39, 0.29) is 11.8 Å². The van der Waals surface area contributed by atoms with Gasteiger partial charge in [-0.2, -0.15) is 5.10 Å². The smallest absolute Gasteiger partial charge is 0.258 e. The molecule has 0 saturated carbocycles. The first kappa shape index (κ1) is 17.2. The average Bonchev–Trinajstić information content (AvgIpc) is 3.09. The van der Waals surface area contributed by atoms with Gasteiger partial charge in [-0.05, 0) is 36.4 Å². The SMILES string of the molecule is COc1ccccc1NC(=O)c1ccc(NC(=O)c2cnn(C)c2)cc1. The van der Waals surface area contributed by atoms with Crippen molar-refractivity contribution in [3.05, 3.63) is 72.1 Å². The highest BCUT2D eigenvalue weighted by atomic mass is 16.5. The molecule has 3 rings (SSSR count). The number of rotatable bonds is 5. The second-order valence-corrected chi connectivity index (χ2v) is 5.59. The summed E-state index contributed by atoms with van der Waals surface area (Å²) in [5, 5.41) is 9.53. The number of hydrogen-bond donors (Lipinski definition) is 2. The third kappa shape index (κ3) is 3.89. The molecule has 0 bridgehead atoms. The fourth-order valence-electron chi connectivity index (χ4n) is 2.39. The van der Waals surface area contributed by atoms with Crippen LogP contribution in [0.25, 0.3) is 0 Å². The van der Waals surface area contributed by atoms with Crippen molar-refractivity contribution in [2.45, 2.75) is 0 Å². The largest absolute Gasteiger partial charge is 0.495 e. The minimum Gasteiger partial charge on any atom is -0.495 e. The summed E-state index contributed by atoms with van der Waals surface area (Å²) in [6.07, 6.45) is 3.12. The molecule has 0 spiro atoms. The number of ether oxygens (including phenoxy) is 1. The van der Waals surface area contributed by atoms with E-state index in [1.165, 1.54) is 6.20 Å². The highest BCUT2D eigenvalue weighted by Crippen LogP contribution is 2.23. The van der Waals surface area contributed by atoms with Gasteiger partial charge in [-0.3, -0.25) is 14.3 Å². The number of nitrogens with one attached hydrogen (secondary N) is 2. The quantitative estimate of drug-likeness (QED) is 0.741. The third-order valence-corrected chi connectivity index (χ3v) is 3.73. The van der Waals surface area contributed by atoms with Gasteiger partial charge >= 0.3 is 0 Å². The monoisotopic (exact) mass is 350 g/mol. The minimum absolute atomic E-state index is 0.260. The molecule has 7 heteroatoms. The average molecular weight is 350 g/mol. The van der Waals surface area contributed by atoms with E-state index in [4.69, 9.17) is 4.74 Å². The van der Waals surface area contributed by atoms with E-state index in [9.17, 15) is 9.59 Å². The number of para-hydroxylation sites is 2. The molecule has 0 unspecified atom stereocenters. The maximum atomic E-state index is 12.4. The Balaban J connectivity index is 1.67. The van der Waals surface area contributed by atoms with Gasteiger partial charge in [0.1, 0.15) is 5.75 Å². The lowest BCUT2D eigenvalue weighted by Gasteiger charge is -2.10. The molecule has 0 aliphatic heterocycles. The topological polar surface area (TPSA) is 85.2 Å². The van der Waals surface area contributed by atoms with E-state index < -0.39 is 0 Å². The Morgan fingerprint density at radius 2 is 1.65 bits per heavy atom. The highest BCUT2D eigenvalue weighted by molar-refractivity contribution is 6.06. The van der Waals surface area contributed by atoms with Gasteiger partial charge in [0.15, 0.2) is 0 Å². The van der Waals surface area contributed by atoms with Crippen LogP contribution in [0.4, 0.5) is 11.4 Å². The van der Waals surface area contributed by atoms with E-state index >= 15 is 0 Å². The van der Waals surface area contributed by atoms with Crippen LogP contribution in [0.3, 0.4) is 0 Å². The van der Waals surface area contributed by atoms with E-state index in [1.54, 1.807) is 61.4 Å². The van der Waals surface area contributed by atoms with Crippen LogP contribution in [0.2, 0.25) is 0 Å².